The molecule has 25 heavy (non-hydrogen) atoms. The van der Waals surface area contributed by atoms with E-state index >= 15 is 0 Å². The molecule has 4 nitrogen and oxygen atoms in total. The largest absolute Gasteiger partial charge is 0.352 e. The van der Waals surface area contributed by atoms with Gasteiger partial charge in [-0.2, -0.15) is 0 Å². The lowest BCUT2D eigenvalue weighted by Gasteiger charge is -2.26. The lowest BCUT2D eigenvalue weighted by atomic mass is 9.99. The predicted molar refractivity (Wildman–Crippen MR) is 104 cm³/mol. The maximum atomic E-state index is 5.65. The molecular formula is C20H26N4S. The first-order valence-corrected chi connectivity index (χ1v) is 9.84. The first kappa shape index (κ1) is 16.6. The van der Waals surface area contributed by atoms with E-state index in [0.717, 1.165) is 23.8 Å². The highest BCUT2D eigenvalue weighted by Gasteiger charge is 2.39. The molecule has 4 rings (SSSR count). The molecule has 0 unspecified atom stereocenters. The Hall–Kier alpha value is -1.88. The molecule has 1 aliphatic carbocycles. The summed E-state index contributed by atoms with van der Waals surface area (Å²) in [4.78, 5) is 6.93. The Morgan fingerprint density at radius 1 is 1.24 bits per heavy atom. The number of thiocarbonyl (C=S) groups is 1. The van der Waals surface area contributed by atoms with Crippen LogP contribution in [-0.4, -0.2) is 26.1 Å². The Morgan fingerprint density at radius 2 is 2.08 bits per heavy atom. The monoisotopic (exact) mass is 354 g/mol. The van der Waals surface area contributed by atoms with Crippen LogP contribution in [-0.2, 0) is 0 Å². The van der Waals surface area contributed by atoms with Crippen molar-refractivity contribution in [1.82, 2.24) is 19.8 Å². The van der Waals surface area contributed by atoms with Gasteiger partial charge in [-0.15, -0.1) is 0 Å². The van der Waals surface area contributed by atoms with Crippen LogP contribution in [0.25, 0.3) is 0 Å². The highest BCUT2D eigenvalue weighted by Crippen LogP contribution is 2.39. The van der Waals surface area contributed by atoms with E-state index in [1.807, 2.05) is 12.3 Å². The fourth-order valence-electron chi connectivity index (χ4n) is 4.29. The van der Waals surface area contributed by atoms with Crippen LogP contribution in [0.5, 0.6) is 0 Å². The van der Waals surface area contributed by atoms with Gasteiger partial charge in [-0.25, -0.2) is 0 Å². The number of rotatable bonds is 5. The minimum absolute atomic E-state index is 0.111. The number of nitrogens with zero attached hydrogens (tertiary/aromatic N) is 3. The van der Waals surface area contributed by atoms with Crippen molar-refractivity contribution in [3.05, 3.63) is 54.1 Å². The van der Waals surface area contributed by atoms with Crippen LogP contribution in [0, 0.1) is 0 Å². The van der Waals surface area contributed by atoms with Gasteiger partial charge in [0, 0.05) is 31.2 Å². The second-order valence-electron chi connectivity index (χ2n) is 7.15. The number of nitrogens with one attached hydrogen (secondary N) is 1. The fraction of sp³-hybridized carbons (Fsp3) is 0.500. The minimum atomic E-state index is 0.111. The van der Waals surface area contributed by atoms with Crippen LogP contribution in [0.1, 0.15) is 68.4 Å². The summed E-state index contributed by atoms with van der Waals surface area (Å²) in [7, 11) is 0. The molecule has 0 radical (unpaired) electrons. The lowest BCUT2D eigenvalue weighted by molar-refractivity contribution is 0.317. The van der Waals surface area contributed by atoms with Crippen molar-refractivity contribution in [1.29, 1.82) is 0 Å². The predicted octanol–water partition coefficient (Wildman–Crippen LogP) is 4.38. The molecule has 2 aromatic rings. The molecule has 1 saturated carbocycles. The quantitative estimate of drug-likeness (QED) is 0.808. The molecule has 0 aromatic carbocycles. The van der Waals surface area contributed by atoms with E-state index in [2.05, 4.69) is 57.3 Å². The molecule has 5 heteroatoms. The zero-order chi connectivity index (χ0) is 17.2. The maximum Gasteiger partial charge on any atom is 0.170 e. The first-order valence-electron chi connectivity index (χ1n) is 9.43. The lowest BCUT2D eigenvalue weighted by Crippen LogP contribution is -2.30. The van der Waals surface area contributed by atoms with Gasteiger partial charge in [0.25, 0.3) is 0 Å². The smallest absolute Gasteiger partial charge is 0.170 e. The summed E-state index contributed by atoms with van der Waals surface area (Å²) < 4.78 is 2.42. The van der Waals surface area contributed by atoms with E-state index < -0.39 is 0 Å². The minimum Gasteiger partial charge on any atom is -0.352 e. The van der Waals surface area contributed by atoms with E-state index in [1.54, 1.807) is 0 Å². The summed E-state index contributed by atoms with van der Waals surface area (Å²) in [6.07, 6.45) is 12.9. The maximum absolute atomic E-state index is 5.65. The Morgan fingerprint density at radius 3 is 2.80 bits per heavy atom. The summed E-state index contributed by atoms with van der Waals surface area (Å²) >= 11 is 5.65. The highest BCUT2D eigenvalue weighted by atomic mass is 32.1. The third-order valence-corrected chi connectivity index (χ3v) is 5.84. The van der Waals surface area contributed by atoms with Crippen LogP contribution in [0.2, 0.25) is 0 Å². The Bertz CT molecular complexity index is 720. The van der Waals surface area contributed by atoms with Gasteiger partial charge < -0.3 is 14.8 Å². The topological polar surface area (TPSA) is 33.1 Å². The van der Waals surface area contributed by atoms with Crippen LogP contribution in [0.15, 0.2) is 42.9 Å². The summed E-state index contributed by atoms with van der Waals surface area (Å²) in [5.41, 5.74) is 2.39. The number of hydrogen-bond acceptors (Lipinski definition) is 2. The molecule has 2 atom stereocenters. The fourth-order valence-corrected chi connectivity index (χ4v) is 4.62. The van der Waals surface area contributed by atoms with E-state index in [9.17, 15) is 0 Å². The van der Waals surface area contributed by atoms with Gasteiger partial charge >= 0.3 is 0 Å². The van der Waals surface area contributed by atoms with Crippen LogP contribution in [0.4, 0.5) is 0 Å². The highest BCUT2D eigenvalue weighted by molar-refractivity contribution is 7.80. The standard InChI is InChI=1S/C20H26N4S/c1-2-12-24-19(15-10-13-23(14-15)16-7-3-4-8-16)18(22-20(24)25)17-9-5-6-11-21-17/h5-6,9-11,13-14,16,18-19H,2-4,7-8,12H2,1H3,(H,22,25)/t18-,19-/m1/s1. The second kappa shape index (κ2) is 7.16. The molecule has 2 aliphatic rings. The molecule has 1 N–H and O–H groups in total. The molecule has 0 bridgehead atoms. The van der Waals surface area contributed by atoms with Crippen molar-refractivity contribution in [2.24, 2.45) is 0 Å². The van der Waals surface area contributed by atoms with Gasteiger partial charge in [0.15, 0.2) is 5.11 Å². The summed E-state index contributed by atoms with van der Waals surface area (Å²) in [6, 6.07) is 9.38. The number of pyridine rings is 1. The zero-order valence-corrected chi connectivity index (χ0v) is 15.6. The molecule has 1 aliphatic heterocycles. The van der Waals surface area contributed by atoms with Crippen LogP contribution < -0.4 is 5.32 Å². The summed E-state index contributed by atoms with van der Waals surface area (Å²) in [5, 5.41) is 4.36. The van der Waals surface area contributed by atoms with Crippen molar-refractivity contribution >= 4 is 17.3 Å². The van der Waals surface area contributed by atoms with Crippen molar-refractivity contribution in [2.75, 3.05) is 6.54 Å². The van der Waals surface area contributed by atoms with Crippen molar-refractivity contribution in [3.63, 3.8) is 0 Å². The van der Waals surface area contributed by atoms with E-state index in [4.69, 9.17) is 12.2 Å². The molecular weight excluding hydrogens is 328 g/mol. The zero-order valence-electron chi connectivity index (χ0n) is 14.8. The first-order chi connectivity index (χ1) is 12.3. The van der Waals surface area contributed by atoms with Gasteiger partial charge in [0.05, 0.1) is 17.8 Å². The van der Waals surface area contributed by atoms with Gasteiger partial charge in [0.1, 0.15) is 0 Å². The van der Waals surface area contributed by atoms with Crippen LogP contribution >= 0.6 is 12.2 Å². The number of hydrogen-bond donors (Lipinski definition) is 1. The Balaban J connectivity index is 1.67. The summed E-state index contributed by atoms with van der Waals surface area (Å²) in [5.74, 6) is 0. The Labute approximate surface area is 155 Å². The van der Waals surface area contributed by atoms with Crippen molar-refractivity contribution < 1.29 is 0 Å². The Kier molecular flexibility index (Phi) is 4.75. The molecule has 132 valence electrons. The molecule has 0 spiro atoms. The summed E-state index contributed by atoms with van der Waals surface area (Å²) in [6.45, 7) is 3.17. The molecule has 3 heterocycles. The molecule has 2 aromatic heterocycles. The van der Waals surface area contributed by atoms with E-state index in [-0.39, 0.29) is 12.1 Å². The third kappa shape index (κ3) is 3.17. The van der Waals surface area contributed by atoms with E-state index in [0.29, 0.717) is 6.04 Å². The number of aromatic nitrogens is 2. The van der Waals surface area contributed by atoms with Gasteiger partial charge in [-0.05, 0) is 55.2 Å². The van der Waals surface area contributed by atoms with Gasteiger partial charge in [-0.3, -0.25) is 4.98 Å². The third-order valence-electron chi connectivity index (χ3n) is 5.49. The van der Waals surface area contributed by atoms with Gasteiger partial charge in [0.2, 0.25) is 0 Å². The molecule has 2 fully saturated rings. The average molecular weight is 355 g/mol. The molecule has 1 saturated heterocycles. The average Bonchev–Trinajstić information content (AvgIpc) is 3.36. The van der Waals surface area contributed by atoms with E-state index in [1.165, 1.54) is 31.2 Å². The second-order valence-corrected chi connectivity index (χ2v) is 7.54. The van der Waals surface area contributed by atoms with Crippen molar-refractivity contribution in [2.45, 2.75) is 57.2 Å². The SMILES string of the molecule is CCCN1C(=S)N[C@H](c2ccccn2)[C@H]1c1ccn(C2CCCC2)c1. The van der Waals surface area contributed by atoms with Gasteiger partial charge in [-0.1, -0.05) is 25.8 Å². The van der Waals surface area contributed by atoms with Crippen LogP contribution in [0.3, 0.4) is 0 Å². The molecule has 0 amide bonds. The normalized spacial score (nSPS) is 24.0. The van der Waals surface area contributed by atoms with Crippen molar-refractivity contribution in [3.8, 4) is 0 Å².